The number of ether oxygens (including phenoxy) is 1. The van der Waals surface area contributed by atoms with E-state index in [2.05, 4.69) is 4.74 Å². The number of halogens is 3. The largest absolute Gasteiger partial charge is 0.471 e. The zero-order chi connectivity index (χ0) is 32.5. The first-order chi connectivity index (χ1) is 21.0. The molecule has 234 valence electrons. The Balaban J connectivity index is 0.000000268. The zero-order valence-electron chi connectivity index (χ0n) is 24.7. The van der Waals surface area contributed by atoms with Gasteiger partial charge in [0.05, 0.1) is 18.7 Å². The average Bonchev–Trinajstić information content (AvgIpc) is 3.04. The second kappa shape index (κ2) is 18.2. The molecular formula is C34H39F3N4O3. The van der Waals surface area contributed by atoms with Crippen LogP contribution in [0.3, 0.4) is 0 Å². The molecule has 0 bridgehead atoms. The fraction of sp³-hybridized carbons (Fsp3) is 0.235. The van der Waals surface area contributed by atoms with Crippen LogP contribution in [0, 0.1) is 0 Å². The van der Waals surface area contributed by atoms with Gasteiger partial charge >= 0.3 is 18.1 Å². The van der Waals surface area contributed by atoms with Gasteiger partial charge in [0, 0.05) is 19.0 Å². The van der Waals surface area contributed by atoms with Crippen LogP contribution in [0.4, 0.5) is 13.2 Å². The molecule has 1 amide bonds. The molecule has 4 atom stereocenters. The van der Waals surface area contributed by atoms with Crippen LogP contribution in [0.25, 0.3) is 0 Å². The van der Waals surface area contributed by atoms with E-state index in [0.29, 0.717) is 17.7 Å². The fourth-order valence-electron chi connectivity index (χ4n) is 4.10. The van der Waals surface area contributed by atoms with E-state index in [1.165, 1.54) is 6.92 Å². The van der Waals surface area contributed by atoms with Crippen molar-refractivity contribution in [3.05, 3.63) is 144 Å². The number of esters is 1. The number of carbonyl (C=O) groups is 2. The molecule has 0 spiro atoms. The highest BCUT2D eigenvalue weighted by Crippen LogP contribution is 2.28. The highest BCUT2D eigenvalue weighted by atomic mass is 19.4. The van der Waals surface area contributed by atoms with Gasteiger partial charge in [0.2, 0.25) is 0 Å². The molecule has 7 N–H and O–H groups in total. The number of hydrogen-bond donors (Lipinski definition) is 4. The number of nitrogens with one attached hydrogen (secondary N) is 1. The van der Waals surface area contributed by atoms with Gasteiger partial charge in [0.1, 0.15) is 0 Å². The molecule has 0 aromatic heterocycles. The molecular weight excluding hydrogens is 569 g/mol. The van der Waals surface area contributed by atoms with Gasteiger partial charge in [-0.15, -0.1) is 0 Å². The third-order valence-corrected chi connectivity index (χ3v) is 6.35. The smallest absolute Gasteiger partial charge is 0.466 e. The molecule has 4 aromatic carbocycles. The van der Waals surface area contributed by atoms with Crippen LogP contribution in [0.1, 0.15) is 60.3 Å². The van der Waals surface area contributed by atoms with Gasteiger partial charge in [-0.25, -0.2) is 0 Å². The fourth-order valence-corrected chi connectivity index (χ4v) is 4.10. The maximum Gasteiger partial charge on any atom is 0.471 e. The van der Waals surface area contributed by atoms with Crippen LogP contribution in [-0.4, -0.2) is 24.7 Å². The molecule has 0 heterocycles. The van der Waals surface area contributed by atoms with E-state index in [9.17, 15) is 22.8 Å². The normalized spacial score (nSPS) is 13.4. The van der Waals surface area contributed by atoms with Crippen molar-refractivity contribution in [2.24, 2.45) is 17.2 Å². The molecule has 0 aliphatic carbocycles. The van der Waals surface area contributed by atoms with Crippen molar-refractivity contribution in [1.82, 2.24) is 5.32 Å². The van der Waals surface area contributed by atoms with Crippen LogP contribution in [0.2, 0.25) is 0 Å². The minimum atomic E-state index is -4.95. The van der Waals surface area contributed by atoms with Crippen molar-refractivity contribution in [3.63, 3.8) is 0 Å². The number of amides is 1. The van der Waals surface area contributed by atoms with Crippen molar-refractivity contribution in [2.45, 2.75) is 44.2 Å². The van der Waals surface area contributed by atoms with Gasteiger partial charge in [-0.1, -0.05) is 121 Å². The number of carbonyl (C=O) groups excluding carboxylic acids is 2. The number of benzene rings is 4. The molecule has 4 aromatic rings. The predicted octanol–water partition coefficient (Wildman–Crippen LogP) is 6.06. The monoisotopic (exact) mass is 608 g/mol. The van der Waals surface area contributed by atoms with Gasteiger partial charge in [-0.2, -0.15) is 13.2 Å². The first-order valence-corrected chi connectivity index (χ1v) is 13.9. The lowest BCUT2D eigenvalue weighted by atomic mass is 9.94. The molecule has 4 rings (SSSR count). The summed E-state index contributed by atoms with van der Waals surface area (Å²) in [5.41, 5.74) is 21.7. The van der Waals surface area contributed by atoms with Gasteiger partial charge < -0.3 is 27.3 Å². The Morgan fingerprint density at radius 2 is 0.955 bits per heavy atom. The molecule has 0 aliphatic rings. The van der Waals surface area contributed by atoms with Crippen LogP contribution in [-0.2, 0) is 14.3 Å². The number of rotatable bonds is 8. The third-order valence-electron chi connectivity index (χ3n) is 6.35. The van der Waals surface area contributed by atoms with E-state index in [4.69, 9.17) is 17.2 Å². The molecule has 0 saturated carbocycles. The molecule has 44 heavy (non-hydrogen) atoms. The summed E-state index contributed by atoms with van der Waals surface area (Å²) < 4.78 is 42.0. The van der Waals surface area contributed by atoms with Crippen LogP contribution in [0.5, 0.6) is 0 Å². The van der Waals surface area contributed by atoms with E-state index < -0.39 is 24.2 Å². The van der Waals surface area contributed by atoms with Crippen LogP contribution in [0.15, 0.2) is 121 Å². The van der Waals surface area contributed by atoms with Crippen molar-refractivity contribution in [3.8, 4) is 0 Å². The Morgan fingerprint density at radius 1 is 0.636 bits per heavy atom. The lowest BCUT2D eigenvalue weighted by Crippen LogP contribution is -2.42. The number of nitrogens with two attached hydrogens (primary N) is 3. The van der Waals surface area contributed by atoms with E-state index in [0.717, 1.165) is 11.1 Å². The standard InChI is InChI=1S/C16H15F3N2O.C14H16N2.C4H8O2/c17-16(18,19)15(22)21-14(12-9-5-2-6-10-12)13(20)11-7-3-1-4-8-11;15-13(11-7-3-1-4-8-11)14(16)12-9-5-2-6-10-12;1-3-6-4(2)5/h1-10,13-14H,20H2,(H,21,22);1-10,13-14H,15-16H2;3H2,1-2H3/t2*13-,14-;/m00./s1. The summed E-state index contributed by atoms with van der Waals surface area (Å²) in [5, 5.41) is 1.98. The van der Waals surface area contributed by atoms with Gasteiger partial charge in [-0.05, 0) is 29.2 Å². The summed E-state index contributed by atoms with van der Waals surface area (Å²) in [6, 6.07) is 34.8. The quantitative estimate of drug-likeness (QED) is 0.180. The lowest BCUT2D eigenvalue weighted by Gasteiger charge is -2.26. The average molecular weight is 609 g/mol. The first-order valence-electron chi connectivity index (χ1n) is 13.9. The minimum Gasteiger partial charge on any atom is -0.466 e. The Hall–Kier alpha value is -4.51. The maximum atomic E-state index is 12.5. The van der Waals surface area contributed by atoms with Gasteiger partial charge in [0.15, 0.2) is 0 Å². The predicted molar refractivity (Wildman–Crippen MR) is 166 cm³/mol. The number of hydrogen-bond acceptors (Lipinski definition) is 6. The third kappa shape index (κ3) is 12.0. The maximum absolute atomic E-state index is 12.5. The minimum absolute atomic E-state index is 0.163. The highest BCUT2D eigenvalue weighted by molar-refractivity contribution is 5.82. The molecule has 0 fully saturated rings. The SMILES string of the molecule is CCOC(C)=O.N[C@@H](c1ccccc1)[C@@H](N)c1ccccc1.N[C@@H](c1ccccc1)[C@@H](NC(=O)C(F)(F)F)c1ccccc1. The van der Waals surface area contributed by atoms with E-state index in [1.54, 1.807) is 67.6 Å². The van der Waals surface area contributed by atoms with Crippen LogP contribution < -0.4 is 22.5 Å². The van der Waals surface area contributed by atoms with E-state index >= 15 is 0 Å². The summed E-state index contributed by atoms with van der Waals surface area (Å²) in [6.45, 7) is 3.65. The van der Waals surface area contributed by atoms with Crippen molar-refractivity contribution < 1.29 is 27.5 Å². The summed E-state index contributed by atoms with van der Waals surface area (Å²) >= 11 is 0. The van der Waals surface area contributed by atoms with Gasteiger partial charge in [-0.3, -0.25) is 9.59 Å². The molecule has 7 nitrogen and oxygen atoms in total. The highest BCUT2D eigenvalue weighted by Gasteiger charge is 2.41. The second-order valence-electron chi connectivity index (χ2n) is 9.59. The second-order valence-corrected chi connectivity index (χ2v) is 9.59. The topological polar surface area (TPSA) is 133 Å². The molecule has 0 radical (unpaired) electrons. The summed E-state index contributed by atoms with van der Waals surface area (Å²) in [7, 11) is 0. The molecule has 0 aliphatic heterocycles. The van der Waals surface area contributed by atoms with E-state index in [1.807, 2.05) is 66.0 Å². The van der Waals surface area contributed by atoms with Crippen LogP contribution >= 0.6 is 0 Å². The summed E-state index contributed by atoms with van der Waals surface area (Å²) in [5.74, 6) is -2.22. The molecule has 10 heteroatoms. The Kier molecular flexibility index (Phi) is 14.8. The Labute approximate surface area is 256 Å². The van der Waals surface area contributed by atoms with Crippen molar-refractivity contribution in [1.29, 1.82) is 0 Å². The molecule has 0 unspecified atom stereocenters. The Morgan fingerprint density at radius 3 is 1.23 bits per heavy atom. The van der Waals surface area contributed by atoms with Crippen molar-refractivity contribution >= 4 is 11.9 Å². The molecule has 0 saturated heterocycles. The van der Waals surface area contributed by atoms with Gasteiger partial charge in [0.25, 0.3) is 0 Å². The van der Waals surface area contributed by atoms with E-state index in [-0.39, 0.29) is 18.1 Å². The zero-order valence-corrected chi connectivity index (χ0v) is 24.7. The van der Waals surface area contributed by atoms with Crippen molar-refractivity contribution in [2.75, 3.05) is 6.61 Å². The lowest BCUT2D eigenvalue weighted by molar-refractivity contribution is -0.174. The summed E-state index contributed by atoms with van der Waals surface area (Å²) in [6.07, 6.45) is -4.95. The number of alkyl halides is 3. The summed E-state index contributed by atoms with van der Waals surface area (Å²) in [4.78, 5) is 21.1. The Bertz CT molecular complexity index is 1330. The first kappa shape index (κ1) is 35.7.